The molecule has 2 aromatic rings. The van der Waals surface area contributed by atoms with E-state index in [1.807, 2.05) is 42.5 Å². The highest BCUT2D eigenvalue weighted by Gasteiger charge is 2.03. The van der Waals surface area contributed by atoms with E-state index in [1.54, 1.807) is 0 Å². The Morgan fingerprint density at radius 2 is 1.88 bits per heavy atom. The van der Waals surface area contributed by atoms with Crippen LogP contribution in [0.1, 0.15) is 5.56 Å². The Kier molecular flexibility index (Phi) is 3.45. The highest BCUT2D eigenvalue weighted by Crippen LogP contribution is 2.25. The van der Waals surface area contributed by atoms with Gasteiger partial charge in [0.2, 0.25) is 0 Å². The van der Waals surface area contributed by atoms with Crippen LogP contribution in [-0.4, -0.2) is 6.29 Å². The molecule has 0 saturated carbocycles. The fourth-order valence-corrected chi connectivity index (χ4v) is 1.91. The average Bonchev–Trinajstić information content (AvgIpc) is 2.32. The zero-order valence-corrected chi connectivity index (χ0v) is 9.95. The molecule has 2 aromatic carbocycles. The molecule has 0 radical (unpaired) electrons. The molecule has 0 aliphatic heterocycles. The minimum Gasteiger partial charge on any atom is -0.398 e. The molecule has 0 unspecified atom stereocenters. The largest absolute Gasteiger partial charge is 0.398 e. The second-order valence-corrected chi connectivity index (χ2v) is 4.23. The average molecular weight is 246 g/mol. The van der Waals surface area contributed by atoms with Crippen LogP contribution < -0.4 is 5.73 Å². The quantitative estimate of drug-likeness (QED) is 0.666. The maximum absolute atomic E-state index is 10.6. The van der Waals surface area contributed by atoms with E-state index < -0.39 is 0 Å². The molecule has 2 N–H and O–H groups in total. The van der Waals surface area contributed by atoms with Crippen molar-refractivity contribution in [2.24, 2.45) is 0 Å². The second kappa shape index (κ2) is 5.02. The number of benzene rings is 2. The number of halogens is 1. The summed E-state index contributed by atoms with van der Waals surface area (Å²) >= 11 is 5.95. The van der Waals surface area contributed by atoms with Crippen molar-refractivity contribution in [2.45, 2.75) is 6.42 Å². The van der Waals surface area contributed by atoms with E-state index in [9.17, 15) is 4.79 Å². The van der Waals surface area contributed by atoms with Crippen LogP contribution in [0, 0.1) is 0 Å². The monoisotopic (exact) mass is 245 g/mol. The first-order valence-electron chi connectivity index (χ1n) is 5.28. The molecule has 0 amide bonds. The summed E-state index contributed by atoms with van der Waals surface area (Å²) in [7, 11) is 0. The molecule has 2 rings (SSSR count). The molecule has 0 fully saturated rings. The summed E-state index contributed by atoms with van der Waals surface area (Å²) in [6.07, 6.45) is 1.19. The van der Waals surface area contributed by atoms with Crippen LogP contribution >= 0.6 is 11.6 Å². The number of aldehydes is 1. The first-order chi connectivity index (χ1) is 8.20. The van der Waals surface area contributed by atoms with E-state index in [-0.39, 0.29) is 0 Å². The molecule has 0 atom stereocenters. The van der Waals surface area contributed by atoms with Gasteiger partial charge in [-0.15, -0.1) is 0 Å². The van der Waals surface area contributed by atoms with E-state index in [4.69, 9.17) is 17.3 Å². The molecule has 0 spiro atoms. The first-order valence-corrected chi connectivity index (χ1v) is 5.66. The lowest BCUT2D eigenvalue weighted by molar-refractivity contribution is -0.107. The van der Waals surface area contributed by atoms with Crippen LogP contribution in [0.5, 0.6) is 0 Å². The molecule has 3 heteroatoms. The molecular formula is C14H12ClNO. The number of anilines is 1. The SMILES string of the molecule is Nc1ccc(-c2cccc(Cl)c2)cc1CC=O. The lowest BCUT2D eigenvalue weighted by Crippen LogP contribution is -1.95. The van der Waals surface area contributed by atoms with Crippen LogP contribution in [0.2, 0.25) is 5.02 Å². The van der Waals surface area contributed by atoms with Gasteiger partial charge in [0.1, 0.15) is 6.29 Å². The summed E-state index contributed by atoms with van der Waals surface area (Å²) < 4.78 is 0. The van der Waals surface area contributed by atoms with Crippen molar-refractivity contribution in [3.63, 3.8) is 0 Å². The molecule has 17 heavy (non-hydrogen) atoms. The van der Waals surface area contributed by atoms with Gasteiger partial charge in [-0.25, -0.2) is 0 Å². The van der Waals surface area contributed by atoms with Crippen molar-refractivity contribution in [1.29, 1.82) is 0 Å². The van der Waals surface area contributed by atoms with Crippen molar-refractivity contribution in [3.05, 3.63) is 53.1 Å². The topological polar surface area (TPSA) is 43.1 Å². The summed E-state index contributed by atoms with van der Waals surface area (Å²) in [5.41, 5.74) is 9.32. The Balaban J connectivity index is 2.46. The molecule has 0 heterocycles. The van der Waals surface area contributed by atoms with Gasteiger partial charge in [0.25, 0.3) is 0 Å². The van der Waals surface area contributed by atoms with Gasteiger partial charge in [0, 0.05) is 17.1 Å². The van der Waals surface area contributed by atoms with Crippen molar-refractivity contribution in [1.82, 2.24) is 0 Å². The zero-order chi connectivity index (χ0) is 12.3. The number of hydrogen-bond donors (Lipinski definition) is 1. The minimum atomic E-state index is 0.334. The Morgan fingerprint density at radius 1 is 1.12 bits per heavy atom. The Hall–Kier alpha value is -1.80. The lowest BCUT2D eigenvalue weighted by Gasteiger charge is -2.07. The summed E-state index contributed by atoms with van der Waals surface area (Å²) in [5, 5.41) is 0.691. The van der Waals surface area contributed by atoms with Crippen LogP contribution in [-0.2, 0) is 11.2 Å². The first kappa shape index (κ1) is 11.7. The second-order valence-electron chi connectivity index (χ2n) is 3.79. The van der Waals surface area contributed by atoms with Crippen molar-refractivity contribution < 1.29 is 4.79 Å². The van der Waals surface area contributed by atoms with Crippen molar-refractivity contribution >= 4 is 23.6 Å². The van der Waals surface area contributed by atoms with Gasteiger partial charge in [-0.3, -0.25) is 0 Å². The summed E-state index contributed by atoms with van der Waals surface area (Å²) in [6.45, 7) is 0. The van der Waals surface area contributed by atoms with Gasteiger partial charge in [-0.05, 0) is 41.0 Å². The molecule has 2 nitrogen and oxygen atoms in total. The van der Waals surface area contributed by atoms with Gasteiger partial charge in [0.15, 0.2) is 0 Å². The van der Waals surface area contributed by atoms with Crippen LogP contribution in [0.4, 0.5) is 5.69 Å². The molecule has 0 saturated heterocycles. The molecule has 0 aliphatic rings. The molecule has 0 aliphatic carbocycles. The molecule has 86 valence electrons. The number of nitrogen functional groups attached to an aromatic ring is 1. The normalized spacial score (nSPS) is 10.2. The smallest absolute Gasteiger partial charge is 0.124 e. The van der Waals surface area contributed by atoms with Crippen molar-refractivity contribution in [3.8, 4) is 11.1 Å². The maximum atomic E-state index is 10.6. The third-order valence-corrected chi connectivity index (χ3v) is 2.84. The van der Waals surface area contributed by atoms with E-state index in [0.717, 1.165) is 23.0 Å². The predicted molar refractivity (Wildman–Crippen MR) is 71.1 cm³/mol. The van der Waals surface area contributed by atoms with Crippen LogP contribution in [0.25, 0.3) is 11.1 Å². The van der Waals surface area contributed by atoms with E-state index >= 15 is 0 Å². The van der Waals surface area contributed by atoms with Crippen molar-refractivity contribution in [2.75, 3.05) is 5.73 Å². The number of nitrogens with two attached hydrogens (primary N) is 1. The number of carbonyl (C=O) groups is 1. The Labute approximate surface area is 105 Å². The number of rotatable bonds is 3. The minimum absolute atomic E-state index is 0.334. The zero-order valence-electron chi connectivity index (χ0n) is 9.19. The predicted octanol–water partition coefficient (Wildman–Crippen LogP) is 3.33. The fraction of sp³-hybridized carbons (Fsp3) is 0.0714. The highest BCUT2D eigenvalue weighted by molar-refractivity contribution is 6.30. The maximum Gasteiger partial charge on any atom is 0.124 e. The summed E-state index contributed by atoms with van der Waals surface area (Å²) in [5.74, 6) is 0. The van der Waals surface area contributed by atoms with Gasteiger partial charge in [0.05, 0.1) is 0 Å². The number of carbonyl (C=O) groups excluding carboxylic acids is 1. The van der Waals surface area contributed by atoms with Crippen LogP contribution in [0.15, 0.2) is 42.5 Å². The molecule has 0 aromatic heterocycles. The van der Waals surface area contributed by atoms with Crippen LogP contribution in [0.3, 0.4) is 0 Å². The third kappa shape index (κ3) is 2.66. The molecule has 0 bridgehead atoms. The van der Waals surface area contributed by atoms with E-state index in [2.05, 4.69) is 0 Å². The van der Waals surface area contributed by atoms with Gasteiger partial charge in [-0.1, -0.05) is 29.8 Å². The fourth-order valence-electron chi connectivity index (χ4n) is 1.72. The Bertz CT molecular complexity index is 552. The van der Waals surface area contributed by atoms with E-state index in [0.29, 0.717) is 17.1 Å². The summed E-state index contributed by atoms with van der Waals surface area (Å²) in [6, 6.07) is 13.3. The van der Waals surface area contributed by atoms with Gasteiger partial charge < -0.3 is 10.5 Å². The lowest BCUT2D eigenvalue weighted by atomic mass is 10.0. The highest BCUT2D eigenvalue weighted by atomic mass is 35.5. The molecular weight excluding hydrogens is 234 g/mol. The van der Waals surface area contributed by atoms with E-state index in [1.165, 1.54) is 0 Å². The summed E-state index contributed by atoms with van der Waals surface area (Å²) in [4.78, 5) is 10.6. The standard InChI is InChI=1S/C14H12ClNO/c15-13-3-1-2-10(9-13)11-4-5-14(16)12(8-11)6-7-17/h1-5,7-9H,6,16H2. The van der Waals surface area contributed by atoms with Gasteiger partial charge >= 0.3 is 0 Å². The number of hydrogen-bond acceptors (Lipinski definition) is 2. The van der Waals surface area contributed by atoms with Gasteiger partial charge in [-0.2, -0.15) is 0 Å². The third-order valence-electron chi connectivity index (χ3n) is 2.60. The Morgan fingerprint density at radius 3 is 2.59 bits per heavy atom.